The Balaban J connectivity index is 0.000000150. The van der Waals surface area contributed by atoms with Gasteiger partial charge >= 0.3 is 11.9 Å². The molecule has 12 saturated carbocycles. The highest BCUT2D eigenvalue weighted by Gasteiger charge is 2.69. The third kappa shape index (κ3) is 11.8. The van der Waals surface area contributed by atoms with Crippen LogP contribution >= 0.6 is 0 Å². The van der Waals surface area contributed by atoms with Crippen LogP contribution in [0.25, 0.3) is 0 Å². The van der Waals surface area contributed by atoms with Crippen LogP contribution in [0, 0.1) is 139 Å². The van der Waals surface area contributed by atoms with Gasteiger partial charge in [-0.2, -0.15) is 0 Å². The Labute approximate surface area is 544 Å². The van der Waals surface area contributed by atoms with Gasteiger partial charge in [0, 0.05) is 85.9 Å². The molecule has 27 atom stereocenters. The van der Waals surface area contributed by atoms with Gasteiger partial charge in [0.2, 0.25) is 0 Å². The summed E-state index contributed by atoms with van der Waals surface area (Å²) >= 11 is 0. The fraction of sp³-hybridized carbons (Fsp3) is 0.892. The van der Waals surface area contributed by atoms with Crippen LogP contribution in [0.2, 0.25) is 0 Å². The number of esters is 2. The molecule has 17 nitrogen and oxygen atoms in total. The Morgan fingerprint density at radius 1 is 0.560 bits per heavy atom. The van der Waals surface area contributed by atoms with E-state index in [2.05, 4.69) is 77.8 Å². The van der Waals surface area contributed by atoms with E-state index in [1.807, 2.05) is 0 Å². The maximum absolute atomic E-state index is 13.7. The van der Waals surface area contributed by atoms with Crippen LogP contribution in [0.5, 0.6) is 0 Å². The lowest BCUT2D eigenvalue weighted by Crippen LogP contribution is -2.65. The van der Waals surface area contributed by atoms with E-state index in [1.54, 1.807) is 0 Å². The first-order chi connectivity index (χ1) is 43.1. The minimum absolute atomic E-state index is 0.0128. The number of carbonyl (C=O) groups is 5. The van der Waals surface area contributed by atoms with Crippen molar-refractivity contribution in [2.75, 3.05) is 20.8 Å². The van der Waals surface area contributed by atoms with Gasteiger partial charge in [-0.15, -0.1) is 0 Å². The molecule has 0 radical (unpaired) electrons. The number of rotatable bonds is 12. The maximum atomic E-state index is 13.7. The lowest BCUT2D eigenvalue weighted by Gasteiger charge is -2.64. The zero-order valence-corrected chi connectivity index (χ0v) is 57.6. The number of nitrogens with two attached hydrogens (primary N) is 3. The standard InChI is InChI=1S/C25H39N3O5.C25H36O5.C24H45N3O/c1-14(5-8-22(29)33-4)17-6-7-18-23-19(13-21(28-32)25(17,18)3)24(2)10-9-16(26-30)11-15(24)12-20(23)27-31;1-14(5-8-22(29)30-4)17-6-7-18-23-19(13-21(28)25(17,18)3)24(2)10-9-16(26)11-15(24)12-20(23)27;1-14(5-4-10-28)17-6-7-18-22-19(13-21(27)24(17,18)3)23(2)9-8-16(25)11-15(23)12-20(22)26/h14-15,17-19,23,30-32H,5-13H2,1-4H3;14-15,17-19,23H,5-13H2,1-4H3;14-22,28H,4-13,25-27H2,1-3H3/b26-16-,27-20?,28-21-;;/t2*14-,15+,17-,18+,19+,23+,24+,25-;14-,15+,16-,17-,18+,19+,20-,21+,22+,23+,24-/m111/s1. The Morgan fingerprint density at radius 3 is 1.73 bits per heavy atom. The van der Waals surface area contributed by atoms with E-state index in [4.69, 9.17) is 26.7 Å². The Morgan fingerprint density at radius 2 is 1.12 bits per heavy atom. The summed E-state index contributed by atoms with van der Waals surface area (Å²) < 4.78 is 9.64. The lowest BCUT2D eigenvalue weighted by atomic mass is 9.42. The predicted octanol–water partition coefficient (Wildman–Crippen LogP) is 12.4. The van der Waals surface area contributed by atoms with E-state index < -0.39 is 5.41 Å². The second-order valence-electron chi connectivity index (χ2n) is 34.1. The van der Waals surface area contributed by atoms with Crippen molar-refractivity contribution in [1.29, 1.82) is 0 Å². The smallest absolute Gasteiger partial charge is 0.305 e. The molecule has 12 fully saturated rings. The summed E-state index contributed by atoms with van der Waals surface area (Å²) in [5.41, 5.74) is 22.7. The minimum Gasteiger partial charge on any atom is -0.469 e. The van der Waals surface area contributed by atoms with Crippen LogP contribution in [0.15, 0.2) is 15.5 Å². The van der Waals surface area contributed by atoms with Crippen molar-refractivity contribution in [3.05, 3.63) is 0 Å². The predicted molar refractivity (Wildman–Crippen MR) is 351 cm³/mol. The van der Waals surface area contributed by atoms with Gasteiger partial charge in [0.15, 0.2) is 0 Å². The van der Waals surface area contributed by atoms with Crippen LogP contribution in [0.4, 0.5) is 0 Å². The number of carbonyl (C=O) groups excluding carboxylic acids is 5. The third-order valence-electron chi connectivity index (χ3n) is 30.9. The summed E-state index contributed by atoms with van der Waals surface area (Å²) in [5, 5.41) is 50.2. The highest BCUT2D eigenvalue weighted by Crippen LogP contribution is 2.71. The van der Waals surface area contributed by atoms with Gasteiger partial charge in [0.1, 0.15) is 17.3 Å². The summed E-state index contributed by atoms with van der Waals surface area (Å²) in [4.78, 5) is 62.5. The Kier molecular flexibility index (Phi) is 20.8. The lowest BCUT2D eigenvalue weighted by molar-refractivity contribution is -0.166. The van der Waals surface area contributed by atoms with Gasteiger partial charge in [-0.25, -0.2) is 0 Å². The van der Waals surface area contributed by atoms with Crippen LogP contribution < -0.4 is 17.2 Å². The van der Waals surface area contributed by atoms with Crippen molar-refractivity contribution >= 4 is 46.4 Å². The molecule has 91 heavy (non-hydrogen) atoms. The van der Waals surface area contributed by atoms with Crippen LogP contribution in [-0.4, -0.2) is 106 Å². The molecule has 10 N–H and O–H groups in total. The van der Waals surface area contributed by atoms with E-state index in [0.717, 1.165) is 113 Å². The number of ketones is 3. The first kappa shape index (κ1) is 70.0. The zero-order valence-electron chi connectivity index (χ0n) is 57.6. The van der Waals surface area contributed by atoms with E-state index in [1.165, 1.54) is 39.9 Å². The molecule has 12 aliphatic rings. The molecule has 17 heteroatoms. The van der Waals surface area contributed by atoms with Gasteiger partial charge in [0.05, 0.1) is 31.4 Å². The molecule has 0 aromatic heterocycles. The van der Waals surface area contributed by atoms with Gasteiger partial charge in [-0.1, -0.05) is 77.8 Å². The van der Waals surface area contributed by atoms with Crippen molar-refractivity contribution in [2.24, 2.45) is 172 Å². The summed E-state index contributed by atoms with van der Waals surface area (Å²) in [7, 11) is 2.83. The number of aliphatic hydroxyl groups is 1. The average molecular weight is 1270 g/mol. The number of ether oxygens (including phenoxy) is 2. The molecule has 0 saturated heterocycles. The Bertz CT molecular complexity index is 2790. The normalized spacial score (nSPS) is 47.6. The maximum Gasteiger partial charge on any atom is 0.305 e. The molecular weight excluding hydrogens is 1150 g/mol. The van der Waals surface area contributed by atoms with E-state index in [-0.39, 0.29) is 111 Å². The molecule has 12 rings (SSSR count). The fourth-order valence-electron chi connectivity index (χ4n) is 25.5. The molecule has 0 aromatic rings. The van der Waals surface area contributed by atoms with Gasteiger partial charge in [-0.3, -0.25) is 24.0 Å². The highest BCUT2D eigenvalue weighted by atomic mass is 16.5. The highest BCUT2D eigenvalue weighted by molar-refractivity contribution is 5.98. The molecule has 0 spiro atoms. The molecule has 12 aliphatic carbocycles. The van der Waals surface area contributed by atoms with Crippen molar-refractivity contribution in [3.63, 3.8) is 0 Å². The van der Waals surface area contributed by atoms with E-state index in [9.17, 15) is 44.7 Å². The fourth-order valence-corrected chi connectivity index (χ4v) is 25.5. The van der Waals surface area contributed by atoms with Crippen molar-refractivity contribution in [3.8, 4) is 0 Å². The van der Waals surface area contributed by atoms with Gasteiger partial charge in [0.25, 0.3) is 0 Å². The van der Waals surface area contributed by atoms with Crippen molar-refractivity contribution in [2.45, 2.75) is 254 Å². The zero-order chi connectivity index (χ0) is 66.1. The number of methoxy groups -OCH3 is 2. The number of fused-ring (bicyclic) bond motifs is 15. The van der Waals surface area contributed by atoms with Crippen molar-refractivity contribution < 1.29 is 54.2 Å². The van der Waals surface area contributed by atoms with E-state index in [0.29, 0.717) is 128 Å². The molecule has 0 aromatic carbocycles. The number of Topliss-reactive ketones (excluding diaryl/α,β-unsaturated/α-hetero) is 3. The molecule has 0 aliphatic heterocycles. The number of hydrogen-bond donors (Lipinski definition) is 7. The van der Waals surface area contributed by atoms with Crippen LogP contribution in [0.1, 0.15) is 236 Å². The molecule has 0 bridgehead atoms. The van der Waals surface area contributed by atoms with Gasteiger partial charge < -0.3 is 47.4 Å². The minimum atomic E-state index is -0.472. The van der Waals surface area contributed by atoms with Crippen LogP contribution in [-0.2, 0) is 33.4 Å². The second kappa shape index (κ2) is 27.0. The Hall–Kier alpha value is -3.80. The molecule has 0 unspecified atom stereocenters. The number of aliphatic hydroxyl groups excluding tert-OH is 1. The van der Waals surface area contributed by atoms with Crippen molar-refractivity contribution in [1.82, 2.24) is 0 Å². The van der Waals surface area contributed by atoms with Crippen LogP contribution in [0.3, 0.4) is 0 Å². The average Bonchev–Trinajstić information content (AvgIpc) is 1.71. The first-order valence-corrected chi connectivity index (χ1v) is 36.3. The second-order valence-corrected chi connectivity index (χ2v) is 34.1. The SMILES string of the molecule is COC(=O)CC[C@@H](C)[C@H]1CC[C@H]2[C@@H]3C(=NO)C[C@@H]4C/C(=N\O)CC[C@]4(C)[C@H]3C/C(=N/O)[C@]12C.COC(=O)CC[C@@H](C)[C@H]1CC[C@H]2[C@@H]3C(=O)C[C@@H]4CC(=O)CC[C@]4(C)[C@H]3CC(=O)[C@]12C.C[C@H](CCCO)[C@H]1CC[C@H]2[C@@H]3[C@H](N)C[C@@H]4C[C@H](N)CC[C@]4(C)[C@H]3C[C@H](N)[C@]12C. The summed E-state index contributed by atoms with van der Waals surface area (Å²) in [6, 6.07) is 0.963. The monoisotopic (exact) mass is 1270 g/mol. The van der Waals surface area contributed by atoms with Gasteiger partial charge in [-0.05, 0) is 251 Å². The molecule has 512 valence electrons. The topological polar surface area (TPSA) is 300 Å². The quantitative estimate of drug-likeness (QED) is 0.0543. The number of oxime groups is 3. The molecular formula is C74H120N6O11. The molecule has 0 amide bonds. The van der Waals surface area contributed by atoms with E-state index >= 15 is 0 Å². The first-order valence-electron chi connectivity index (χ1n) is 36.3. The summed E-state index contributed by atoms with van der Waals surface area (Å²) in [5.74, 6) is 6.66. The molecule has 0 heterocycles. The summed E-state index contributed by atoms with van der Waals surface area (Å²) in [6.45, 7) is 21.0. The largest absolute Gasteiger partial charge is 0.469 e. The summed E-state index contributed by atoms with van der Waals surface area (Å²) in [6.07, 6.45) is 23.4. The third-order valence-corrected chi connectivity index (χ3v) is 30.9. The number of nitrogens with zero attached hydrogens (tertiary/aromatic N) is 3. The number of hydrogen-bond acceptors (Lipinski definition) is 17.